The Labute approximate surface area is 217 Å². The van der Waals surface area contributed by atoms with Crippen molar-refractivity contribution >= 4 is 46.4 Å². The predicted molar refractivity (Wildman–Crippen MR) is 136 cm³/mol. The molecule has 0 N–H and O–H groups in total. The van der Waals surface area contributed by atoms with Gasteiger partial charge in [-0.3, -0.25) is 29.6 Å². The number of non-ortho nitro benzene ring substituents is 1. The lowest BCUT2D eigenvalue weighted by Gasteiger charge is -2.24. The first-order valence-electron chi connectivity index (χ1n) is 10.9. The Bertz CT molecular complexity index is 1690. The molecule has 0 unspecified atom stereocenters. The topological polar surface area (TPSA) is 147 Å². The van der Waals surface area contributed by atoms with Crippen LogP contribution in [0.3, 0.4) is 0 Å². The highest BCUT2D eigenvalue weighted by Gasteiger charge is 2.34. The monoisotopic (exact) mass is 542 g/mol. The molecule has 0 fully saturated rings. The number of fused-ring (bicyclic) bond motifs is 1. The second-order valence-electron chi connectivity index (χ2n) is 8.07. The fourth-order valence-electron chi connectivity index (χ4n) is 4.00. The molecule has 190 valence electrons. The second-order valence-corrected chi connectivity index (χ2v) is 9.48. The van der Waals surface area contributed by atoms with Crippen molar-refractivity contribution < 1.29 is 19.4 Å². The number of ether oxygens (including phenoxy) is 1. The van der Waals surface area contributed by atoms with Gasteiger partial charge in [-0.05, 0) is 38.5 Å². The molecule has 0 spiro atoms. The Balaban J connectivity index is 2.00. The Morgan fingerprint density at radius 3 is 2.57 bits per heavy atom. The third-order valence-electron chi connectivity index (χ3n) is 5.74. The van der Waals surface area contributed by atoms with Crippen LogP contribution in [0.4, 0.5) is 11.4 Å². The van der Waals surface area contributed by atoms with E-state index in [2.05, 4.69) is 4.99 Å². The van der Waals surface area contributed by atoms with Crippen molar-refractivity contribution in [1.82, 2.24) is 4.57 Å². The summed E-state index contributed by atoms with van der Waals surface area (Å²) in [5, 5.41) is 23.0. The van der Waals surface area contributed by atoms with Gasteiger partial charge in [-0.15, -0.1) is 0 Å². The molecule has 1 aliphatic rings. The molecule has 0 radical (unpaired) electrons. The number of esters is 1. The highest BCUT2D eigenvalue weighted by Crippen LogP contribution is 2.33. The SMILES string of the molecule is CCOC(=O)C1=C(C)N=c2s/c(=C/c3cc([N+](=O)[O-])ccc3Cl)c(=O)n2[C@H]1c1ccc(C)c([N+](=O)[O-])c1. The zero-order valence-corrected chi connectivity index (χ0v) is 21.3. The van der Waals surface area contributed by atoms with Crippen molar-refractivity contribution in [3.63, 3.8) is 0 Å². The number of nitro groups is 2. The molecular weight excluding hydrogens is 524 g/mol. The lowest BCUT2D eigenvalue weighted by atomic mass is 9.94. The molecule has 1 aliphatic heterocycles. The third-order valence-corrected chi connectivity index (χ3v) is 7.07. The number of aromatic nitrogens is 1. The first-order valence-corrected chi connectivity index (χ1v) is 12.1. The minimum atomic E-state index is -1.04. The number of nitro benzene ring substituents is 2. The van der Waals surface area contributed by atoms with E-state index in [-0.39, 0.29) is 43.5 Å². The van der Waals surface area contributed by atoms with Gasteiger partial charge in [0.1, 0.15) is 0 Å². The van der Waals surface area contributed by atoms with Crippen LogP contribution in [-0.2, 0) is 9.53 Å². The fraction of sp³-hybridized carbons (Fsp3) is 0.208. The number of halogens is 1. The van der Waals surface area contributed by atoms with E-state index in [1.165, 1.54) is 34.9 Å². The predicted octanol–water partition coefficient (Wildman–Crippen LogP) is 3.58. The number of hydrogen-bond donors (Lipinski definition) is 0. The molecule has 4 rings (SSSR count). The Kier molecular flexibility index (Phi) is 7.05. The molecule has 0 saturated heterocycles. The number of carbonyl (C=O) groups excluding carboxylic acids is 1. The Morgan fingerprint density at radius 2 is 1.92 bits per heavy atom. The summed E-state index contributed by atoms with van der Waals surface area (Å²) in [5.74, 6) is -0.701. The summed E-state index contributed by atoms with van der Waals surface area (Å²) in [6.45, 7) is 4.89. The van der Waals surface area contributed by atoms with Crippen LogP contribution in [0.1, 0.15) is 36.6 Å². The molecular formula is C24H19ClN4O7S. The number of rotatable bonds is 6. The zero-order valence-electron chi connectivity index (χ0n) is 19.8. The van der Waals surface area contributed by atoms with Crippen molar-refractivity contribution in [2.24, 2.45) is 4.99 Å². The van der Waals surface area contributed by atoms with Crippen LogP contribution < -0.4 is 14.9 Å². The molecule has 1 atom stereocenters. The van der Waals surface area contributed by atoms with E-state index in [9.17, 15) is 29.8 Å². The van der Waals surface area contributed by atoms with E-state index in [1.807, 2.05) is 0 Å². The maximum Gasteiger partial charge on any atom is 0.338 e. The number of allylic oxidation sites excluding steroid dienone is 1. The quantitative estimate of drug-likeness (QED) is 0.263. The number of hydrogen-bond acceptors (Lipinski definition) is 9. The summed E-state index contributed by atoms with van der Waals surface area (Å²) in [5.41, 5.74) is 0.462. The average Bonchev–Trinajstić information content (AvgIpc) is 3.14. The molecule has 11 nitrogen and oxygen atoms in total. The maximum absolute atomic E-state index is 13.6. The van der Waals surface area contributed by atoms with Crippen LogP contribution in [0.25, 0.3) is 6.08 Å². The molecule has 1 aromatic heterocycles. The summed E-state index contributed by atoms with van der Waals surface area (Å²) >= 11 is 7.23. The Morgan fingerprint density at radius 1 is 1.19 bits per heavy atom. The summed E-state index contributed by atoms with van der Waals surface area (Å²) in [6, 6.07) is 7.30. The van der Waals surface area contributed by atoms with E-state index in [0.717, 1.165) is 11.3 Å². The molecule has 0 bridgehead atoms. The van der Waals surface area contributed by atoms with E-state index in [4.69, 9.17) is 16.3 Å². The molecule has 0 aliphatic carbocycles. The third kappa shape index (κ3) is 4.80. The minimum absolute atomic E-state index is 0.0755. The van der Waals surface area contributed by atoms with Gasteiger partial charge in [0.25, 0.3) is 16.9 Å². The molecule has 37 heavy (non-hydrogen) atoms. The molecule has 3 aromatic rings. The molecule has 0 amide bonds. The van der Waals surface area contributed by atoms with Gasteiger partial charge >= 0.3 is 5.97 Å². The van der Waals surface area contributed by atoms with E-state index < -0.39 is 27.4 Å². The van der Waals surface area contributed by atoms with Gasteiger partial charge in [0.15, 0.2) is 4.80 Å². The van der Waals surface area contributed by atoms with Crippen LogP contribution in [0.5, 0.6) is 0 Å². The van der Waals surface area contributed by atoms with Gasteiger partial charge in [-0.2, -0.15) is 0 Å². The largest absolute Gasteiger partial charge is 0.463 e. The summed E-state index contributed by atoms with van der Waals surface area (Å²) in [6.07, 6.45) is 1.41. The van der Waals surface area contributed by atoms with E-state index in [1.54, 1.807) is 32.9 Å². The van der Waals surface area contributed by atoms with E-state index >= 15 is 0 Å². The smallest absolute Gasteiger partial charge is 0.338 e. The lowest BCUT2D eigenvalue weighted by Crippen LogP contribution is -2.40. The van der Waals surface area contributed by atoms with Gasteiger partial charge in [-0.25, -0.2) is 9.79 Å². The van der Waals surface area contributed by atoms with Crippen molar-refractivity contribution in [3.05, 3.63) is 109 Å². The first kappa shape index (κ1) is 25.9. The summed E-state index contributed by atoms with van der Waals surface area (Å²) in [4.78, 5) is 53.0. The number of nitrogens with zero attached hydrogens (tertiary/aromatic N) is 4. The van der Waals surface area contributed by atoms with Gasteiger partial charge in [0.2, 0.25) is 0 Å². The Hall–Kier alpha value is -4.16. The molecule has 13 heteroatoms. The highest BCUT2D eigenvalue weighted by molar-refractivity contribution is 7.07. The number of aryl methyl sites for hydroxylation is 1. The second kappa shape index (κ2) is 10.1. The zero-order chi connectivity index (χ0) is 27.0. The van der Waals surface area contributed by atoms with Crippen LogP contribution in [0.2, 0.25) is 5.02 Å². The summed E-state index contributed by atoms with van der Waals surface area (Å²) in [7, 11) is 0. The number of thiazole rings is 1. The number of benzene rings is 2. The van der Waals surface area contributed by atoms with Crippen molar-refractivity contribution in [3.8, 4) is 0 Å². The molecule has 2 aromatic carbocycles. The highest BCUT2D eigenvalue weighted by atomic mass is 35.5. The van der Waals surface area contributed by atoms with Gasteiger partial charge in [0, 0.05) is 34.3 Å². The maximum atomic E-state index is 13.6. The van der Waals surface area contributed by atoms with Gasteiger partial charge < -0.3 is 4.74 Å². The number of carbonyl (C=O) groups is 1. The first-order chi connectivity index (χ1) is 17.5. The minimum Gasteiger partial charge on any atom is -0.463 e. The van der Waals surface area contributed by atoms with Crippen LogP contribution >= 0.6 is 22.9 Å². The fourth-order valence-corrected chi connectivity index (χ4v) is 5.21. The van der Waals surface area contributed by atoms with Crippen molar-refractivity contribution in [2.75, 3.05) is 6.61 Å². The standard InChI is InChI=1S/C24H19ClN4O7S/c1-4-36-23(31)20-13(3)26-24-27(21(20)14-6-5-12(2)18(10-14)29(34)35)22(30)19(37-24)11-15-9-16(28(32)33)7-8-17(15)25/h5-11,21H,4H2,1-3H3/b19-11+/t21-/m0/s1. The van der Waals surface area contributed by atoms with Crippen LogP contribution in [0.15, 0.2) is 57.5 Å². The van der Waals surface area contributed by atoms with E-state index in [0.29, 0.717) is 16.8 Å². The van der Waals surface area contributed by atoms with Crippen molar-refractivity contribution in [2.45, 2.75) is 26.8 Å². The average molecular weight is 543 g/mol. The lowest BCUT2D eigenvalue weighted by molar-refractivity contribution is -0.385. The van der Waals surface area contributed by atoms with Crippen LogP contribution in [0, 0.1) is 27.2 Å². The molecule has 0 saturated carbocycles. The molecule has 2 heterocycles. The van der Waals surface area contributed by atoms with Crippen LogP contribution in [-0.4, -0.2) is 27.0 Å². The summed E-state index contributed by atoms with van der Waals surface area (Å²) < 4.78 is 6.65. The van der Waals surface area contributed by atoms with Gasteiger partial charge in [-0.1, -0.05) is 35.1 Å². The van der Waals surface area contributed by atoms with Crippen molar-refractivity contribution in [1.29, 1.82) is 0 Å². The van der Waals surface area contributed by atoms with Gasteiger partial charge in [0.05, 0.1) is 38.3 Å². The normalized spacial score (nSPS) is 15.2.